The Bertz CT molecular complexity index is 1240. The van der Waals surface area contributed by atoms with Crippen LogP contribution in [-0.2, 0) is 15.7 Å². The molecule has 0 bridgehead atoms. The van der Waals surface area contributed by atoms with Crippen LogP contribution in [0.3, 0.4) is 0 Å². The highest BCUT2D eigenvalue weighted by Crippen LogP contribution is 2.34. The quantitative estimate of drug-likeness (QED) is 0.333. The first-order valence-electron chi connectivity index (χ1n) is 9.66. The van der Waals surface area contributed by atoms with Gasteiger partial charge in [0, 0.05) is 11.8 Å². The monoisotopic (exact) mass is 454 g/mol. The van der Waals surface area contributed by atoms with Gasteiger partial charge in [-0.25, -0.2) is 9.48 Å². The topological polar surface area (TPSA) is 97.0 Å². The van der Waals surface area contributed by atoms with Gasteiger partial charge in [0.25, 0.3) is 5.91 Å². The minimum Gasteiger partial charge on any atom is -0.461 e. The van der Waals surface area contributed by atoms with Gasteiger partial charge in [-0.05, 0) is 37.3 Å². The number of anilines is 1. The highest BCUT2D eigenvalue weighted by Gasteiger charge is 2.33. The molecule has 0 aliphatic heterocycles. The molecule has 0 atom stereocenters. The van der Waals surface area contributed by atoms with Crippen molar-refractivity contribution in [1.82, 2.24) is 9.78 Å². The molecule has 1 aromatic heterocycles. The summed E-state index contributed by atoms with van der Waals surface area (Å²) in [6.45, 7) is 1.67. The third-order valence-electron chi connectivity index (χ3n) is 4.38. The molecule has 1 amide bonds. The predicted molar refractivity (Wildman–Crippen MR) is 113 cm³/mol. The van der Waals surface area contributed by atoms with Crippen LogP contribution in [0.25, 0.3) is 11.8 Å². The van der Waals surface area contributed by atoms with Crippen LogP contribution < -0.4 is 5.32 Å². The lowest BCUT2D eigenvalue weighted by molar-refractivity contribution is -0.137. The molecule has 3 aromatic rings. The summed E-state index contributed by atoms with van der Waals surface area (Å²) in [6.07, 6.45) is -2.21. The lowest BCUT2D eigenvalue weighted by Gasteiger charge is -2.13. The zero-order valence-corrected chi connectivity index (χ0v) is 17.3. The summed E-state index contributed by atoms with van der Waals surface area (Å²) in [5, 5.41) is 15.8. The van der Waals surface area contributed by atoms with E-state index < -0.39 is 34.9 Å². The van der Waals surface area contributed by atoms with E-state index in [9.17, 15) is 28.0 Å². The first-order chi connectivity index (χ1) is 15.7. The number of halogens is 3. The number of benzene rings is 2. The first kappa shape index (κ1) is 23.3. The first-order valence-corrected chi connectivity index (χ1v) is 9.66. The number of nitrogens with one attached hydrogen (secondary N) is 1. The standard InChI is InChI=1S/C23H17F3N4O3/c1-2-33-22(32)20-16(14-30(29-20)17-8-4-3-5-9-17)12-15(13-27)21(31)28-19-11-7-6-10-18(19)23(24,25)26/h3-12,14H,2H2,1H3,(H,28,31)/b15-12-. The van der Waals surface area contributed by atoms with Gasteiger partial charge in [-0.3, -0.25) is 4.79 Å². The second-order valence-corrected chi connectivity index (χ2v) is 6.60. The Morgan fingerprint density at radius 3 is 2.45 bits per heavy atom. The van der Waals surface area contributed by atoms with Crippen molar-refractivity contribution in [3.05, 3.63) is 83.2 Å². The molecule has 0 aliphatic rings. The Balaban J connectivity index is 2.00. The molecule has 3 rings (SSSR count). The number of carbonyl (C=O) groups is 2. The number of aromatic nitrogens is 2. The lowest BCUT2D eigenvalue weighted by atomic mass is 10.1. The van der Waals surface area contributed by atoms with E-state index in [1.165, 1.54) is 23.0 Å². The Labute approximate surface area is 186 Å². The maximum absolute atomic E-state index is 13.2. The highest BCUT2D eigenvalue weighted by molar-refractivity contribution is 6.10. The smallest absolute Gasteiger partial charge is 0.418 e. The maximum Gasteiger partial charge on any atom is 0.418 e. The normalized spacial score (nSPS) is 11.5. The van der Waals surface area contributed by atoms with Crippen molar-refractivity contribution < 1.29 is 27.5 Å². The van der Waals surface area contributed by atoms with Crippen LogP contribution in [0.5, 0.6) is 0 Å². The summed E-state index contributed by atoms with van der Waals surface area (Å²) in [5.74, 6) is -1.85. The summed E-state index contributed by atoms with van der Waals surface area (Å²) < 4.78 is 46.0. The summed E-state index contributed by atoms with van der Waals surface area (Å²) in [6, 6.07) is 14.8. The molecule has 168 valence electrons. The van der Waals surface area contributed by atoms with Crippen LogP contribution in [0.15, 0.2) is 66.4 Å². The van der Waals surface area contributed by atoms with Crippen LogP contribution in [0.4, 0.5) is 18.9 Å². The Hall–Kier alpha value is -4.39. The summed E-state index contributed by atoms with van der Waals surface area (Å²) in [5.41, 5.74) is -1.54. The molecule has 0 saturated heterocycles. The lowest BCUT2D eigenvalue weighted by Crippen LogP contribution is -2.17. The van der Waals surface area contributed by atoms with Gasteiger partial charge in [0.05, 0.1) is 23.5 Å². The fraction of sp³-hybridized carbons (Fsp3) is 0.130. The Morgan fingerprint density at radius 1 is 1.15 bits per heavy atom. The number of rotatable bonds is 6. The van der Waals surface area contributed by atoms with Gasteiger partial charge in [0.1, 0.15) is 11.6 Å². The Kier molecular flexibility index (Phi) is 6.93. The van der Waals surface area contributed by atoms with Crippen LogP contribution in [0.1, 0.15) is 28.5 Å². The molecule has 1 heterocycles. The number of carbonyl (C=O) groups excluding carboxylic acids is 2. The molecule has 7 nitrogen and oxygen atoms in total. The van der Waals surface area contributed by atoms with E-state index >= 15 is 0 Å². The predicted octanol–water partition coefficient (Wildman–Crippen LogP) is 4.61. The third kappa shape index (κ3) is 5.46. The van der Waals surface area contributed by atoms with E-state index in [-0.39, 0.29) is 17.9 Å². The number of nitriles is 1. The van der Waals surface area contributed by atoms with Crippen molar-refractivity contribution in [1.29, 1.82) is 5.26 Å². The average molecular weight is 454 g/mol. The van der Waals surface area contributed by atoms with E-state index in [0.29, 0.717) is 5.69 Å². The zero-order chi connectivity index (χ0) is 24.0. The van der Waals surface area contributed by atoms with E-state index in [1.54, 1.807) is 43.3 Å². The number of hydrogen-bond donors (Lipinski definition) is 1. The van der Waals surface area contributed by atoms with Gasteiger partial charge < -0.3 is 10.1 Å². The molecule has 2 aromatic carbocycles. The van der Waals surface area contributed by atoms with Gasteiger partial charge >= 0.3 is 12.1 Å². The number of amides is 1. The van der Waals surface area contributed by atoms with Gasteiger partial charge in [-0.15, -0.1) is 0 Å². The molecule has 0 radical (unpaired) electrons. The number of esters is 1. The van der Waals surface area contributed by atoms with Gasteiger partial charge in [0.2, 0.25) is 0 Å². The number of para-hydroxylation sites is 2. The number of ether oxygens (including phenoxy) is 1. The summed E-state index contributed by atoms with van der Waals surface area (Å²) in [7, 11) is 0. The largest absolute Gasteiger partial charge is 0.461 e. The maximum atomic E-state index is 13.2. The van der Waals surface area contributed by atoms with Gasteiger partial charge in [-0.1, -0.05) is 30.3 Å². The SMILES string of the molecule is CCOC(=O)c1nn(-c2ccccc2)cc1/C=C(/C#N)C(=O)Nc1ccccc1C(F)(F)F. The van der Waals surface area contributed by atoms with Crippen molar-refractivity contribution in [2.24, 2.45) is 0 Å². The van der Waals surface area contributed by atoms with Crippen LogP contribution in [0, 0.1) is 11.3 Å². The molecule has 10 heteroatoms. The second kappa shape index (κ2) is 9.82. The Morgan fingerprint density at radius 2 is 1.82 bits per heavy atom. The van der Waals surface area contributed by atoms with Crippen LogP contribution in [0.2, 0.25) is 0 Å². The van der Waals surface area contributed by atoms with Crippen LogP contribution >= 0.6 is 0 Å². The molecule has 0 unspecified atom stereocenters. The van der Waals surface area contributed by atoms with E-state index in [4.69, 9.17) is 4.74 Å². The molecular weight excluding hydrogens is 437 g/mol. The molecule has 0 fully saturated rings. The number of alkyl halides is 3. The number of nitrogens with zero attached hydrogens (tertiary/aromatic N) is 3. The van der Waals surface area contributed by atoms with Crippen LogP contribution in [-0.4, -0.2) is 28.3 Å². The van der Waals surface area contributed by atoms with E-state index in [1.807, 2.05) is 0 Å². The minimum atomic E-state index is -4.70. The summed E-state index contributed by atoms with van der Waals surface area (Å²) >= 11 is 0. The average Bonchev–Trinajstić information content (AvgIpc) is 3.22. The molecule has 0 spiro atoms. The van der Waals surface area contributed by atoms with Crippen molar-refractivity contribution in [3.63, 3.8) is 0 Å². The summed E-state index contributed by atoms with van der Waals surface area (Å²) in [4.78, 5) is 25.0. The molecule has 1 N–H and O–H groups in total. The number of hydrogen-bond acceptors (Lipinski definition) is 5. The fourth-order valence-electron chi connectivity index (χ4n) is 2.90. The van der Waals surface area contributed by atoms with Gasteiger partial charge in [0.15, 0.2) is 5.69 Å². The third-order valence-corrected chi connectivity index (χ3v) is 4.38. The molecule has 0 aliphatic carbocycles. The van der Waals surface area contributed by atoms with E-state index in [2.05, 4.69) is 10.4 Å². The highest BCUT2D eigenvalue weighted by atomic mass is 19.4. The molecule has 0 saturated carbocycles. The zero-order valence-electron chi connectivity index (χ0n) is 17.3. The second-order valence-electron chi connectivity index (χ2n) is 6.60. The minimum absolute atomic E-state index is 0.0694. The van der Waals surface area contributed by atoms with Gasteiger partial charge in [-0.2, -0.15) is 23.5 Å². The van der Waals surface area contributed by atoms with Crippen molar-refractivity contribution in [3.8, 4) is 11.8 Å². The van der Waals surface area contributed by atoms with E-state index in [0.717, 1.165) is 18.2 Å². The van der Waals surface area contributed by atoms with Crippen molar-refractivity contribution >= 4 is 23.6 Å². The van der Waals surface area contributed by atoms with Crippen molar-refractivity contribution in [2.75, 3.05) is 11.9 Å². The molecule has 33 heavy (non-hydrogen) atoms. The van der Waals surface area contributed by atoms with Crippen molar-refractivity contribution in [2.45, 2.75) is 13.1 Å². The fourth-order valence-corrected chi connectivity index (χ4v) is 2.90. The molecular formula is C23H17F3N4O3.